The summed E-state index contributed by atoms with van der Waals surface area (Å²) >= 11 is 0. The fraction of sp³-hybridized carbons (Fsp3) is 0.667. The molecule has 3 fully saturated rings. The molecular formula is C24H36N6O4. The molecular weight excluding hydrogens is 436 g/mol. The molecule has 1 saturated carbocycles. The Morgan fingerprint density at radius 2 is 1.85 bits per heavy atom. The van der Waals surface area contributed by atoms with Crippen LogP contribution in [0.15, 0.2) is 29.6 Å². The van der Waals surface area contributed by atoms with Crippen LogP contribution < -0.4 is 10.6 Å². The first-order valence-corrected chi connectivity index (χ1v) is 12.1. The Morgan fingerprint density at radius 1 is 1.18 bits per heavy atom. The Labute approximate surface area is 201 Å². The molecule has 10 nitrogen and oxygen atoms in total. The van der Waals surface area contributed by atoms with Crippen LogP contribution in [0.1, 0.15) is 44.9 Å². The Bertz CT molecular complexity index is 829. The van der Waals surface area contributed by atoms with Gasteiger partial charge >= 0.3 is 6.09 Å². The minimum atomic E-state index is -0.931. The van der Waals surface area contributed by atoms with Crippen molar-refractivity contribution in [3.8, 4) is 6.07 Å². The molecule has 3 rings (SSSR count). The number of allylic oxidation sites excluding steroid dienone is 1. The van der Waals surface area contributed by atoms with E-state index in [1.165, 1.54) is 6.42 Å². The molecule has 0 atom stereocenters. The minimum absolute atomic E-state index is 0.209. The van der Waals surface area contributed by atoms with Gasteiger partial charge in [0, 0.05) is 26.2 Å². The lowest BCUT2D eigenvalue weighted by molar-refractivity contribution is -0.119. The Morgan fingerprint density at radius 3 is 2.47 bits per heavy atom. The van der Waals surface area contributed by atoms with E-state index in [2.05, 4.69) is 33.2 Å². The first kappa shape index (κ1) is 25.7. The molecule has 0 spiro atoms. The van der Waals surface area contributed by atoms with E-state index in [4.69, 9.17) is 9.47 Å². The molecule has 0 bridgehead atoms. The van der Waals surface area contributed by atoms with Gasteiger partial charge in [0.15, 0.2) is 0 Å². The molecule has 34 heavy (non-hydrogen) atoms. The summed E-state index contributed by atoms with van der Waals surface area (Å²) in [4.78, 5) is 34.3. The predicted octanol–water partition coefficient (Wildman–Crippen LogP) is 2.11. The zero-order valence-corrected chi connectivity index (χ0v) is 20.1. The van der Waals surface area contributed by atoms with Gasteiger partial charge in [0.25, 0.3) is 5.91 Å². The number of hydrogen-bond donors (Lipinski definition) is 2. The second kappa shape index (κ2) is 12.5. The van der Waals surface area contributed by atoms with Crippen LogP contribution in [0.5, 0.6) is 0 Å². The Hall–Kier alpha value is -2.90. The fourth-order valence-corrected chi connectivity index (χ4v) is 4.50. The Kier molecular flexibility index (Phi) is 9.48. The first-order valence-electron chi connectivity index (χ1n) is 12.1. The smallest absolute Gasteiger partial charge is 0.418 e. The van der Waals surface area contributed by atoms with Crippen LogP contribution in [-0.4, -0.2) is 79.7 Å². The number of piperidine rings is 1. The average Bonchev–Trinajstić information content (AvgIpc) is 2.86. The number of alkyl carbamates (subject to hydrolysis) is 1. The summed E-state index contributed by atoms with van der Waals surface area (Å²) in [7, 11) is 2.00. The molecule has 2 saturated heterocycles. The summed E-state index contributed by atoms with van der Waals surface area (Å²) < 4.78 is 10.3. The van der Waals surface area contributed by atoms with Gasteiger partial charge in [-0.15, -0.1) is 0 Å². The van der Waals surface area contributed by atoms with Crippen LogP contribution in [0.2, 0.25) is 0 Å². The van der Waals surface area contributed by atoms with Gasteiger partial charge in [-0.2, -0.15) is 5.26 Å². The number of ether oxygens (including phenoxy) is 2. The summed E-state index contributed by atoms with van der Waals surface area (Å²) in [6.07, 6.45) is 8.67. The second-order valence-corrected chi connectivity index (χ2v) is 9.13. The summed E-state index contributed by atoms with van der Waals surface area (Å²) in [5.41, 5.74) is -0.722. The SMILES string of the molecule is C=COC(=O)NC(=N/C(=C/C1CCCCC1)C(=O)NC1(C#N)CCN(C)CC1)N1CCOCC1. The van der Waals surface area contributed by atoms with E-state index in [1.54, 1.807) is 0 Å². The maximum absolute atomic E-state index is 13.5. The topological polar surface area (TPSA) is 119 Å². The number of nitrogens with zero attached hydrogens (tertiary/aromatic N) is 4. The highest BCUT2D eigenvalue weighted by atomic mass is 16.5. The third-order valence-electron chi connectivity index (χ3n) is 6.62. The highest BCUT2D eigenvalue weighted by Gasteiger charge is 2.36. The molecule has 0 aromatic rings. The number of amides is 2. The van der Waals surface area contributed by atoms with Crippen molar-refractivity contribution < 1.29 is 19.1 Å². The van der Waals surface area contributed by atoms with Crippen molar-refractivity contribution in [1.29, 1.82) is 5.26 Å². The van der Waals surface area contributed by atoms with Crippen molar-refractivity contribution in [2.45, 2.75) is 50.5 Å². The van der Waals surface area contributed by atoms with Gasteiger partial charge < -0.3 is 24.6 Å². The summed E-state index contributed by atoms with van der Waals surface area (Å²) in [5.74, 6) is 0.0444. The molecule has 1 aliphatic carbocycles. The monoisotopic (exact) mass is 472 g/mol. The first-order chi connectivity index (χ1) is 16.4. The molecule has 3 aliphatic rings. The lowest BCUT2D eigenvalue weighted by Crippen LogP contribution is -2.54. The number of likely N-dealkylation sites (tertiary alicyclic amines) is 1. The number of carbonyl (C=O) groups is 2. The number of aliphatic imine (C=N–C) groups is 1. The lowest BCUT2D eigenvalue weighted by Gasteiger charge is -2.36. The highest BCUT2D eigenvalue weighted by molar-refractivity contribution is 6.00. The zero-order valence-electron chi connectivity index (χ0n) is 20.1. The number of morpholine rings is 1. The number of nitrogens with one attached hydrogen (secondary N) is 2. The largest absolute Gasteiger partial charge is 0.419 e. The van der Waals surface area contributed by atoms with E-state index in [0.717, 1.165) is 45.0 Å². The van der Waals surface area contributed by atoms with Crippen LogP contribution in [-0.2, 0) is 14.3 Å². The number of guanidine groups is 1. The second-order valence-electron chi connectivity index (χ2n) is 9.13. The molecule has 10 heteroatoms. The van der Waals surface area contributed by atoms with Crippen molar-refractivity contribution in [2.24, 2.45) is 10.9 Å². The maximum Gasteiger partial charge on any atom is 0.418 e. The van der Waals surface area contributed by atoms with Crippen LogP contribution >= 0.6 is 0 Å². The van der Waals surface area contributed by atoms with Crippen LogP contribution in [0, 0.1) is 17.2 Å². The third-order valence-corrected chi connectivity index (χ3v) is 6.62. The van der Waals surface area contributed by atoms with Crippen LogP contribution in [0.25, 0.3) is 0 Å². The van der Waals surface area contributed by atoms with Gasteiger partial charge in [-0.1, -0.05) is 25.8 Å². The molecule has 2 aliphatic heterocycles. The highest BCUT2D eigenvalue weighted by Crippen LogP contribution is 2.27. The number of carbonyl (C=O) groups excluding carboxylic acids is 2. The van der Waals surface area contributed by atoms with Gasteiger partial charge in [-0.05, 0) is 44.7 Å². The van der Waals surface area contributed by atoms with Gasteiger partial charge in [-0.25, -0.2) is 9.79 Å². The van der Waals surface area contributed by atoms with E-state index in [-0.39, 0.29) is 17.6 Å². The fourth-order valence-electron chi connectivity index (χ4n) is 4.50. The van der Waals surface area contributed by atoms with Gasteiger partial charge in [-0.3, -0.25) is 10.1 Å². The average molecular weight is 473 g/mol. The Balaban J connectivity index is 1.90. The van der Waals surface area contributed by atoms with E-state index < -0.39 is 17.5 Å². The number of hydrogen-bond acceptors (Lipinski definition) is 7. The normalized spacial score (nSPS) is 22.4. The van der Waals surface area contributed by atoms with Crippen molar-refractivity contribution >= 4 is 18.0 Å². The van der Waals surface area contributed by atoms with Crippen LogP contribution in [0.3, 0.4) is 0 Å². The standard InChI is InChI=1S/C24H36N6O4/c1-3-34-23(32)27-22(30-13-15-33-16-14-30)26-20(17-19-7-5-4-6-8-19)21(31)28-24(18-25)9-11-29(2)12-10-24/h3,17,19H,1,4-16H2,2H3,(H,28,31)(H,26,27,32)/b20-17+. The van der Waals surface area contributed by atoms with Gasteiger partial charge in [0.1, 0.15) is 11.2 Å². The van der Waals surface area contributed by atoms with Crippen molar-refractivity contribution in [1.82, 2.24) is 20.4 Å². The molecule has 0 aromatic carbocycles. The predicted molar refractivity (Wildman–Crippen MR) is 128 cm³/mol. The van der Waals surface area contributed by atoms with Crippen molar-refractivity contribution in [2.75, 3.05) is 46.4 Å². The number of nitriles is 1. The van der Waals surface area contributed by atoms with Crippen LogP contribution in [0.4, 0.5) is 4.79 Å². The summed E-state index contributed by atoms with van der Waals surface area (Å²) in [6.45, 7) is 6.86. The summed E-state index contributed by atoms with van der Waals surface area (Å²) in [5, 5.41) is 15.5. The molecule has 0 radical (unpaired) electrons. The molecule has 0 aromatic heterocycles. The van der Waals surface area contributed by atoms with Gasteiger partial charge in [0.05, 0.1) is 25.5 Å². The van der Waals surface area contributed by atoms with Crippen molar-refractivity contribution in [3.63, 3.8) is 0 Å². The van der Waals surface area contributed by atoms with E-state index >= 15 is 0 Å². The zero-order chi connectivity index (χ0) is 24.4. The molecule has 0 unspecified atom stereocenters. The maximum atomic E-state index is 13.5. The quantitative estimate of drug-likeness (QED) is 0.272. The van der Waals surface area contributed by atoms with Crippen molar-refractivity contribution in [3.05, 3.63) is 24.6 Å². The lowest BCUT2D eigenvalue weighted by atomic mass is 9.87. The number of rotatable bonds is 5. The third kappa shape index (κ3) is 7.30. The summed E-state index contributed by atoms with van der Waals surface area (Å²) in [6, 6.07) is 2.33. The molecule has 2 N–H and O–H groups in total. The minimum Gasteiger partial charge on any atom is -0.419 e. The van der Waals surface area contributed by atoms with Gasteiger partial charge in [0.2, 0.25) is 5.96 Å². The van der Waals surface area contributed by atoms with E-state index in [0.29, 0.717) is 39.1 Å². The molecule has 186 valence electrons. The molecule has 2 amide bonds. The van der Waals surface area contributed by atoms with E-state index in [1.807, 2.05) is 18.0 Å². The van der Waals surface area contributed by atoms with E-state index in [9.17, 15) is 14.9 Å². The molecule has 2 heterocycles.